The number of Topliss-reactive ketones (excluding diaryl/α,β-unsaturated/α-hetero) is 1. The Bertz CT molecular complexity index is 1350. The van der Waals surface area contributed by atoms with Gasteiger partial charge in [0.25, 0.3) is 5.91 Å². The predicted molar refractivity (Wildman–Crippen MR) is 145 cm³/mol. The monoisotopic (exact) mass is 551 g/mol. The van der Waals surface area contributed by atoms with Gasteiger partial charge in [0.1, 0.15) is 22.8 Å². The van der Waals surface area contributed by atoms with Gasteiger partial charge < -0.3 is 29.8 Å². The zero-order valence-corrected chi connectivity index (χ0v) is 22.6. The highest BCUT2D eigenvalue weighted by atomic mass is 16.5. The van der Waals surface area contributed by atoms with E-state index in [1.807, 2.05) is 6.08 Å². The number of nitrogens with two attached hydrogens (primary N) is 1. The second-order valence-electron chi connectivity index (χ2n) is 9.94. The molecule has 2 aliphatic rings. The average Bonchev–Trinajstić information content (AvgIpc) is 2.90. The van der Waals surface area contributed by atoms with E-state index in [1.165, 1.54) is 7.11 Å². The van der Waals surface area contributed by atoms with E-state index < -0.39 is 29.9 Å². The maximum Gasteiger partial charge on any atom is 0.342 e. The molecule has 2 aromatic carbocycles. The Morgan fingerprint density at radius 1 is 1.12 bits per heavy atom. The minimum atomic E-state index is -0.716. The lowest BCUT2D eigenvalue weighted by Crippen LogP contribution is -2.23. The van der Waals surface area contributed by atoms with E-state index in [0.717, 1.165) is 0 Å². The Labute approximate surface area is 232 Å². The number of hydrogen-bond donors (Lipinski definition) is 2. The highest BCUT2D eigenvalue weighted by Crippen LogP contribution is 2.48. The largest absolute Gasteiger partial charge is 0.507 e. The number of amides is 1. The smallest absolute Gasteiger partial charge is 0.342 e. The van der Waals surface area contributed by atoms with E-state index in [2.05, 4.69) is 0 Å². The van der Waals surface area contributed by atoms with Gasteiger partial charge in [0.2, 0.25) is 0 Å². The van der Waals surface area contributed by atoms with Crippen LogP contribution in [0.15, 0.2) is 30.3 Å². The molecule has 2 aromatic rings. The second kappa shape index (κ2) is 12.7. The third kappa shape index (κ3) is 6.62. The molecule has 212 valence electrons. The fourth-order valence-electron chi connectivity index (χ4n) is 4.98. The molecule has 0 aliphatic carbocycles. The third-order valence-electron chi connectivity index (χ3n) is 6.94. The molecule has 2 atom stereocenters. The Balaban J connectivity index is 1.80. The minimum absolute atomic E-state index is 0.0309. The Kier molecular flexibility index (Phi) is 9.08. The number of allylic oxidation sites excluding steroid dienone is 1. The third-order valence-corrected chi connectivity index (χ3v) is 6.94. The molecule has 10 heteroatoms. The van der Waals surface area contributed by atoms with Crippen LogP contribution in [0.3, 0.4) is 0 Å². The van der Waals surface area contributed by atoms with Crippen molar-refractivity contribution >= 4 is 29.7 Å². The maximum absolute atomic E-state index is 13.4. The van der Waals surface area contributed by atoms with Gasteiger partial charge in [-0.2, -0.15) is 0 Å². The molecule has 2 aliphatic heterocycles. The minimum Gasteiger partial charge on any atom is -0.507 e. The normalized spacial score (nSPS) is 19.9. The van der Waals surface area contributed by atoms with Crippen LogP contribution in [-0.2, 0) is 19.1 Å². The van der Waals surface area contributed by atoms with Gasteiger partial charge in [0.05, 0.1) is 19.6 Å². The van der Waals surface area contributed by atoms with Crippen molar-refractivity contribution < 1.29 is 43.2 Å². The maximum atomic E-state index is 13.4. The van der Waals surface area contributed by atoms with Crippen LogP contribution in [0.1, 0.15) is 84.8 Å². The summed E-state index contributed by atoms with van der Waals surface area (Å²) in [7, 11) is 1.44. The molecule has 0 fully saturated rings. The summed E-state index contributed by atoms with van der Waals surface area (Å²) in [6, 6.07) is 6.46. The molecule has 10 nitrogen and oxygen atoms in total. The predicted octanol–water partition coefficient (Wildman–Crippen LogP) is 4.19. The lowest BCUT2D eigenvalue weighted by Gasteiger charge is -2.28. The molecule has 0 saturated carbocycles. The summed E-state index contributed by atoms with van der Waals surface area (Å²) in [5.74, 6) is -2.08. The zero-order chi connectivity index (χ0) is 28.8. The van der Waals surface area contributed by atoms with Crippen LogP contribution in [0.25, 0.3) is 6.08 Å². The number of methoxy groups -OCH3 is 1. The quantitative estimate of drug-likeness (QED) is 0.412. The number of carbonyl (C=O) groups is 4. The van der Waals surface area contributed by atoms with Crippen LogP contribution in [-0.4, -0.2) is 48.6 Å². The fraction of sp³-hybridized carbons (Fsp3) is 0.400. The van der Waals surface area contributed by atoms with Crippen LogP contribution in [0.4, 0.5) is 0 Å². The number of cyclic esters (lactones) is 1. The first-order valence-corrected chi connectivity index (χ1v) is 13.3. The number of ether oxygens (including phenoxy) is 4. The Morgan fingerprint density at radius 2 is 1.90 bits per heavy atom. The van der Waals surface area contributed by atoms with E-state index in [4.69, 9.17) is 24.7 Å². The zero-order valence-electron chi connectivity index (χ0n) is 22.6. The molecule has 1 unspecified atom stereocenters. The molecular weight excluding hydrogens is 518 g/mol. The summed E-state index contributed by atoms with van der Waals surface area (Å²) in [4.78, 5) is 49.4. The van der Waals surface area contributed by atoms with Crippen molar-refractivity contribution in [1.82, 2.24) is 0 Å². The molecule has 0 saturated heterocycles. The molecule has 3 N–H and O–H groups in total. The van der Waals surface area contributed by atoms with Gasteiger partial charge in [-0.15, -0.1) is 0 Å². The number of ketones is 1. The summed E-state index contributed by atoms with van der Waals surface area (Å²) >= 11 is 0. The molecule has 1 amide bonds. The van der Waals surface area contributed by atoms with Gasteiger partial charge in [0, 0.05) is 24.3 Å². The molecule has 0 radical (unpaired) electrons. The van der Waals surface area contributed by atoms with E-state index in [0.29, 0.717) is 55.4 Å². The van der Waals surface area contributed by atoms with Crippen LogP contribution in [0, 0.1) is 0 Å². The molecular formula is C30H33NO9. The molecule has 40 heavy (non-hydrogen) atoms. The van der Waals surface area contributed by atoms with E-state index >= 15 is 0 Å². The number of esters is 2. The topological polar surface area (TPSA) is 151 Å². The average molecular weight is 552 g/mol. The number of phenolic OH excluding ortho intramolecular Hbond substituents is 1. The number of primary amides is 1. The first-order valence-electron chi connectivity index (χ1n) is 13.3. The number of rotatable bonds is 5. The van der Waals surface area contributed by atoms with Crippen molar-refractivity contribution in [1.29, 1.82) is 0 Å². The van der Waals surface area contributed by atoms with Crippen molar-refractivity contribution in [2.45, 2.75) is 63.9 Å². The number of hydrogen-bond acceptors (Lipinski definition) is 9. The summed E-state index contributed by atoms with van der Waals surface area (Å²) in [6.45, 7) is 1.36. The molecule has 0 bridgehead atoms. The van der Waals surface area contributed by atoms with Crippen molar-refractivity contribution in [3.8, 4) is 23.0 Å². The summed E-state index contributed by atoms with van der Waals surface area (Å²) in [5, 5.41) is 11.6. The first-order chi connectivity index (χ1) is 19.2. The number of aromatic hydroxyl groups is 1. The molecule has 0 aromatic heterocycles. The molecule has 2 heterocycles. The molecule has 0 spiro atoms. The highest BCUT2D eigenvalue weighted by Gasteiger charge is 2.36. The Morgan fingerprint density at radius 3 is 2.65 bits per heavy atom. The van der Waals surface area contributed by atoms with Crippen molar-refractivity contribution in [3.63, 3.8) is 0 Å². The SMILES string of the molecule is COc1ccc(C2CC(=O)Oc3cc4c(c(O)c32)C(=O)O[C@@H](C)CCCC(=O)CCCC=C4)cc1OCC(N)=O. The highest BCUT2D eigenvalue weighted by molar-refractivity contribution is 5.98. The van der Waals surface area contributed by atoms with Gasteiger partial charge >= 0.3 is 11.9 Å². The van der Waals surface area contributed by atoms with Gasteiger partial charge in [-0.1, -0.05) is 18.2 Å². The number of carbonyl (C=O) groups excluding carboxylic acids is 4. The Hall–Kier alpha value is -4.34. The van der Waals surface area contributed by atoms with Crippen LogP contribution in [0.2, 0.25) is 0 Å². The van der Waals surface area contributed by atoms with E-state index in [1.54, 1.807) is 37.3 Å². The molecule has 4 rings (SSSR count). The lowest BCUT2D eigenvalue weighted by molar-refractivity contribution is -0.135. The van der Waals surface area contributed by atoms with Crippen molar-refractivity contribution in [2.24, 2.45) is 5.73 Å². The van der Waals surface area contributed by atoms with Crippen LogP contribution < -0.4 is 19.9 Å². The van der Waals surface area contributed by atoms with Crippen molar-refractivity contribution in [3.05, 3.63) is 52.6 Å². The van der Waals surface area contributed by atoms with Crippen molar-refractivity contribution in [2.75, 3.05) is 13.7 Å². The number of benzene rings is 2. The first kappa shape index (κ1) is 28.7. The van der Waals surface area contributed by atoms with Gasteiger partial charge in [-0.3, -0.25) is 14.4 Å². The number of phenols is 1. The summed E-state index contributed by atoms with van der Waals surface area (Å²) in [6.07, 6.45) is 6.15. The summed E-state index contributed by atoms with van der Waals surface area (Å²) < 4.78 is 22.0. The van der Waals surface area contributed by atoms with Crippen LogP contribution >= 0.6 is 0 Å². The van der Waals surface area contributed by atoms with E-state index in [-0.39, 0.29) is 47.2 Å². The summed E-state index contributed by atoms with van der Waals surface area (Å²) in [5.41, 5.74) is 6.36. The standard InChI is InChI=1S/C30H33NO9/c1-17-7-6-10-20(32)9-5-3-4-8-19-14-24-28(29(35)27(19)30(36)39-17)21(15-26(34)40-24)18-11-12-22(37-2)23(13-18)38-16-25(31)33/h4,8,11-14,17,21,35H,3,5-7,9-10,15-16H2,1-2H3,(H2,31,33)/t17-,21?/m0/s1. The second-order valence-corrected chi connectivity index (χ2v) is 9.94. The lowest BCUT2D eigenvalue weighted by atomic mass is 9.83. The van der Waals surface area contributed by atoms with E-state index in [9.17, 15) is 24.3 Å². The van der Waals surface area contributed by atoms with Gasteiger partial charge in [0.15, 0.2) is 18.1 Å². The van der Waals surface area contributed by atoms with Crippen LogP contribution in [0.5, 0.6) is 23.0 Å². The fourth-order valence-corrected chi connectivity index (χ4v) is 4.98. The van der Waals surface area contributed by atoms with Gasteiger partial charge in [-0.25, -0.2) is 4.79 Å². The van der Waals surface area contributed by atoms with Gasteiger partial charge in [-0.05, 0) is 61.9 Å². The number of fused-ring (bicyclic) bond motifs is 2.